The van der Waals surface area contributed by atoms with Gasteiger partial charge in [-0.25, -0.2) is 4.39 Å². The van der Waals surface area contributed by atoms with Gasteiger partial charge in [0.2, 0.25) is 0 Å². The number of benzene rings is 1. The van der Waals surface area contributed by atoms with Crippen LogP contribution in [0.25, 0.3) is 0 Å². The summed E-state index contributed by atoms with van der Waals surface area (Å²) in [5, 5.41) is 19.3. The van der Waals surface area contributed by atoms with E-state index < -0.39 is 17.7 Å². The van der Waals surface area contributed by atoms with Gasteiger partial charge >= 0.3 is 0 Å². The minimum absolute atomic E-state index is 0.148. The second-order valence-electron chi connectivity index (χ2n) is 2.52. The Bertz CT molecular complexity index is 316. The average molecular weight is 185 g/mol. The maximum Gasteiger partial charge on any atom is 0.269 e. The van der Waals surface area contributed by atoms with E-state index in [-0.39, 0.29) is 11.3 Å². The summed E-state index contributed by atoms with van der Waals surface area (Å²) in [7, 11) is 0. The van der Waals surface area contributed by atoms with Gasteiger partial charge in [-0.15, -0.1) is 0 Å². The first-order valence-corrected chi connectivity index (χ1v) is 3.63. The Morgan fingerprint density at radius 2 is 2.31 bits per heavy atom. The molecule has 0 saturated heterocycles. The summed E-state index contributed by atoms with van der Waals surface area (Å²) in [6.07, 6.45) is -1.28. The van der Waals surface area contributed by atoms with Crippen molar-refractivity contribution in [1.29, 1.82) is 0 Å². The maximum atomic E-state index is 12.0. The molecule has 5 heteroatoms. The van der Waals surface area contributed by atoms with Crippen molar-refractivity contribution in [3.63, 3.8) is 0 Å². The SMILES string of the molecule is O=[N+]([O-])c1cccc([C@@H](O)CF)c1. The fraction of sp³-hybridized carbons (Fsp3) is 0.250. The molecule has 0 aliphatic carbocycles. The molecule has 70 valence electrons. The van der Waals surface area contributed by atoms with Crippen LogP contribution in [0.15, 0.2) is 24.3 Å². The topological polar surface area (TPSA) is 63.4 Å². The molecule has 0 fully saturated rings. The molecule has 0 heterocycles. The molecule has 1 N–H and O–H groups in total. The molecule has 0 radical (unpaired) electrons. The fourth-order valence-electron chi connectivity index (χ4n) is 0.935. The predicted molar refractivity (Wildman–Crippen MR) is 44.0 cm³/mol. The molecule has 0 spiro atoms. The number of alkyl halides is 1. The minimum Gasteiger partial charge on any atom is -0.386 e. The number of halogens is 1. The highest BCUT2D eigenvalue weighted by Crippen LogP contribution is 2.19. The highest BCUT2D eigenvalue weighted by molar-refractivity contribution is 5.35. The van der Waals surface area contributed by atoms with Gasteiger partial charge in [-0.1, -0.05) is 12.1 Å². The summed E-state index contributed by atoms with van der Waals surface area (Å²) in [6, 6.07) is 5.29. The Labute approximate surface area is 73.8 Å². The summed E-state index contributed by atoms with van der Waals surface area (Å²) in [4.78, 5) is 9.71. The molecule has 1 aromatic rings. The Balaban J connectivity index is 2.98. The molecule has 13 heavy (non-hydrogen) atoms. The first kappa shape index (κ1) is 9.60. The Kier molecular flexibility index (Phi) is 2.92. The molecule has 1 atom stereocenters. The van der Waals surface area contributed by atoms with Gasteiger partial charge in [-0.2, -0.15) is 0 Å². The maximum absolute atomic E-state index is 12.0. The van der Waals surface area contributed by atoms with Gasteiger partial charge in [0.05, 0.1) is 4.92 Å². The lowest BCUT2D eigenvalue weighted by atomic mass is 10.1. The van der Waals surface area contributed by atoms with Crippen LogP contribution in [-0.2, 0) is 0 Å². The van der Waals surface area contributed by atoms with Crippen molar-refractivity contribution in [1.82, 2.24) is 0 Å². The van der Waals surface area contributed by atoms with Crippen LogP contribution in [0.3, 0.4) is 0 Å². The largest absolute Gasteiger partial charge is 0.386 e. The summed E-state index contributed by atoms with van der Waals surface area (Å²) in [5.41, 5.74) is 0.0710. The quantitative estimate of drug-likeness (QED) is 0.574. The second kappa shape index (κ2) is 3.95. The summed E-state index contributed by atoms with van der Waals surface area (Å²) >= 11 is 0. The van der Waals surface area contributed by atoms with Crippen LogP contribution in [0, 0.1) is 10.1 Å². The second-order valence-corrected chi connectivity index (χ2v) is 2.52. The first-order chi connectivity index (χ1) is 6.15. The number of nitrogens with zero attached hydrogens (tertiary/aromatic N) is 1. The number of nitro benzene ring substituents is 1. The van der Waals surface area contributed by atoms with E-state index in [0.717, 1.165) is 6.07 Å². The third-order valence-corrected chi connectivity index (χ3v) is 1.61. The molecule has 0 aromatic heterocycles. The molecular formula is C8H8FNO3. The summed E-state index contributed by atoms with van der Waals surface area (Å²) in [6.45, 7) is -0.943. The van der Waals surface area contributed by atoms with E-state index in [1.54, 1.807) is 0 Å². The third kappa shape index (κ3) is 2.22. The Morgan fingerprint density at radius 1 is 1.62 bits per heavy atom. The van der Waals surface area contributed by atoms with Gasteiger partial charge in [0.25, 0.3) is 5.69 Å². The number of aliphatic hydroxyl groups excluding tert-OH is 1. The van der Waals surface area contributed by atoms with Crippen molar-refractivity contribution in [2.75, 3.05) is 6.67 Å². The molecule has 0 unspecified atom stereocenters. The lowest BCUT2D eigenvalue weighted by Crippen LogP contribution is -1.99. The van der Waals surface area contributed by atoms with Crippen molar-refractivity contribution in [2.45, 2.75) is 6.10 Å². The van der Waals surface area contributed by atoms with Crippen LogP contribution < -0.4 is 0 Å². The van der Waals surface area contributed by atoms with E-state index in [9.17, 15) is 14.5 Å². The van der Waals surface area contributed by atoms with Gasteiger partial charge in [0.1, 0.15) is 12.8 Å². The number of non-ortho nitro benzene ring substituents is 1. The van der Waals surface area contributed by atoms with Crippen LogP contribution in [-0.4, -0.2) is 16.7 Å². The van der Waals surface area contributed by atoms with Gasteiger partial charge in [0, 0.05) is 12.1 Å². The van der Waals surface area contributed by atoms with Gasteiger partial charge in [-0.3, -0.25) is 10.1 Å². The number of hydrogen-bond donors (Lipinski definition) is 1. The van der Waals surface area contributed by atoms with E-state index >= 15 is 0 Å². The number of rotatable bonds is 3. The van der Waals surface area contributed by atoms with Crippen LogP contribution in [0.4, 0.5) is 10.1 Å². The average Bonchev–Trinajstić information content (AvgIpc) is 2.17. The molecule has 1 aromatic carbocycles. The van der Waals surface area contributed by atoms with Crippen molar-refractivity contribution >= 4 is 5.69 Å². The third-order valence-electron chi connectivity index (χ3n) is 1.61. The zero-order valence-electron chi connectivity index (χ0n) is 6.68. The smallest absolute Gasteiger partial charge is 0.269 e. The van der Waals surface area contributed by atoms with Crippen molar-refractivity contribution < 1.29 is 14.4 Å². The molecule has 0 aliphatic rings. The van der Waals surface area contributed by atoms with E-state index in [0.29, 0.717) is 0 Å². The lowest BCUT2D eigenvalue weighted by molar-refractivity contribution is -0.385. The van der Waals surface area contributed by atoms with Crippen LogP contribution in [0.2, 0.25) is 0 Å². The highest BCUT2D eigenvalue weighted by Gasteiger charge is 2.11. The monoisotopic (exact) mass is 185 g/mol. The molecular weight excluding hydrogens is 177 g/mol. The van der Waals surface area contributed by atoms with Gasteiger partial charge in [0.15, 0.2) is 0 Å². The molecule has 0 amide bonds. The molecule has 4 nitrogen and oxygen atoms in total. The van der Waals surface area contributed by atoms with E-state index in [4.69, 9.17) is 5.11 Å². The van der Waals surface area contributed by atoms with Crippen LogP contribution in [0.1, 0.15) is 11.7 Å². The standard InChI is InChI=1S/C8H8FNO3/c9-5-8(11)6-2-1-3-7(4-6)10(12)13/h1-4,8,11H,5H2/t8-/m0/s1. The zero-order chi connectivity index (χ0) is 9.84. The summed E-state index contributed by atoms with van der Waals surface area (Å²) in [5.74, 6) is 0. The van der Waals surface area contributed by atoms with E-state index in [1.807, 2.05) is 0 Å². The molecule has 0 bridgehead atoms. The van der Waals surface area contributed by atoms with Crippen molar-refractivity contribution in [3.05, 3.63) is 39.9 Å². The lowest BCUT2D eigenvalue weighted by Gasteiger charge is -2.04. The number of hydrogen-bond acceptors (Lipinski definition) is 3. The molecule has 0 aliphatic heterocycles. The predicted octanol–water partition coefficient (Wildman–Crippen LogP) is 1.60. The zero-order valence-corrected chi connectivity index (χ0v) is 6.68. The van der Waals surface area contributed by atoms with Gasteiger partial charge in [-0.05, 0) is 5.56 Å². The normalized spacial score (nSPS) is 12.5. The van der Waals surface area contributed by atoms with Crippen LogP contribution in [0.5, 0.6) is 0 Å². The molecule has 0 saturated carbocycles. The number of nitro groups is 1. The molecule has 1 rings (SSSR count). The highest BCUT2D eigenvalue weighted by atomic mass is 19.1. The Hall–Kier alpha value is -1.49. The Morgan fingerprint density at radius 3 is 2.85 bits per heavy atom. The number of aliphatic hydroxyl groups is 1. The van der Waals surface area contributed by atoms with E-state index in [2.05, 4.69) is 0 Å². The van der Waals surface area contributed by atoms with E-state index in [1.165, 1.54) is 18.2 Å². The van der Waals surface area contributed by atoms with Gasteiger partial charge < -0.3 is 5.11 Å². The van der Waals surface area contributed by atoms with Crippen molar-refractivity contribution in [3.8, 4) is 0 Å². The first-order valence-electron chi connectivity index (χ1n) is 3.63. The minimum atomic E-state index is -1.28. The fourth-order valence-corrected chi connectivity index (χ4v) is 0.935. The van der Waals surface area contributed by atoms with Crippen molar-refractivity contribution in [2.24, 2.45) is 0 Å². The van der Waals surface area contributed by atoms with Crippen LogP contribution >= 0.6 is 0 Å². The summed E-state index contributed by atoms with van der Waals surface area (Å²) < 4.78 is 12.0.